The number of hydrogen-bond acceptors (Lipinski definition) is 3. The lowest BCUT2D eigenvalue weighted by molar-refractivity contribution is 0.113. The fourth-order valence-corrected chi connectivity index (χ4v) is 2.40. The number of hydrogen-bond donors (Lipinski definition) is 1. The summed E-state index contributed by atoms with van der Waals surface area (Å²) in [6.07, 6.45) is 6.33. The van der Waals surface area contributed by atoms with Gasteiger partial charge >= 0.3 is 0 Å². The number of likely N-dealkylation sites (tertiary alicyclic amines) is 1. The first kappa shape index (κ1) is 11.6. The van der Waals surface area contributed by atoms with Gasteiger partial charge in [-0.15, -0.1) is 0 Å². The van der Waals surface area contributed by atoms with E-state index in [1.54, 1.807) is 0 Å². The molecule has 0 spiro atoms. The molecule has 2 heterocycles. The van der Waals surface area contributed by atoms with Crippen molar-refractivity contribution in [3.05, 3.63) is 30.1 Å². The topological polar surface area (TPSA) is 42.1 Å². The van der Waals surface area contributed by atoms with Gasteiger partial charge in [0.1, 0.15) is 0 Å². The van der Waals surface area contributed by atoms with Crippen LogP contribution in [-0.4, -0.2) is 29.0 Å². The Labute approximate surface area is 97.7 Å². The third-order valence-electron chi connectivity index (χ3n) is 3.55. The zero-order chi connectivity index (χ0) is 11.4. The minimum Gasteiger partial charge on any atom is -0.330 e. The number of nitrogens with zero attached hydrogens (tertiary/aromatic N) is 2. The van der Waals surface area contributed by atoms with Gasteiger partial charge in [0.05, 0.1) is 0 Å². The van der Waals surface area contributed by atoms with Crippen LogP contribution in [0.5, 0.6) is 0 Å². The molecule has 0 bridgehead atoms. The monoisotopic (exact) mass is 219 g/mol. The normalized spacial score (nSPS) is 26.9. The number of pyridine rings is 1. The minimum atomic E-state index is 0.669. The van der Waals surface area contributed by atoms with E-state index in [0.29, 0.717) is 12.0 Å². The van der Waals surface area contributed by atoms with Gasteiger partial charge < -0.3 is 5.73 Å². The largest absolute Gasteiger partial charge is 0.330 e. The highest BCUT2D eigenvalue weighted by atomic mass is 15.2. The molecule has 1 aliphatic rings. The lowest BCUT2D eigenvalue weighted by Gasteiger charge is -2.37. The Bertz CT molecular complexity index is 312. The molecular weight excluding hydrogens is 198 g/mol. The number of aromatic nitrogens is 1. The molecule has 0 radical (unpaired) electrons. The van der Waals surface area contributed by atoms with Crippen LogP contribution in [0.25, 0.3) is 0 Å². The van der Waals surface area contributed by atoms with Crippen LogP contribution < -0.4 is 5.73 Å². The second-order valence-corrected chi connectivity index (χ2v) is 4.82. The fourth-order valence-electron chi connectivity index (χ4n) is 2.40. The SMILES string of the molecule is CC1CCC(CN)CN1Cc1cccnc1. The van der Waals surface area contributed by atoms with Crippen molar-refractivity contribution in [2.24, 2.45) is 11.7 Å². The number of nitrogens with two attached hydrogens (primary N) is 1. The lowest BCUT2D eigenvalue weighted by atomic mass is 9.93. The molecule has 0 aliphatic carbocycles. The van der Waals surface area contributed by atoms with Gasteiger partial charge in [0.2, 0.25) is 0 Å². The van der Waals surface area contributed by atoms with Crippen molar-refractivity contribution in [2.45, 2.75) is 32.4 Å². The summed E-state index contributed by atoms with van der Waals surface area (Å²) in [7, 11) is 0. The second-order valence-electron chi connectivity index (χ2n) is 4.82. The van der Waals surface area contributed by atoms with Crippen LogP contribution in [-0.2, 0) is 6.54 Å². The average Bonchev–Trinajstić information content (AvgIpc) is 2.33. The molecule has 1 fully saturated rings. The summed E-state index contributed by atoms with van der Waals surface area (Å²) in [6, 6.07) is 4.82. The van der Waals surface area contributed by atoms with Crippen molar-refractivity contribution < 1.29 is 0 Å². The van der Waals surface area contributed by atoms with Gasteiger partial charge in [0.15, 0.2) is 0 Å². The molecule has 1 saturated heterocycles. The zero-order valence-corrected chi connectivity index (χ0v) is 9.97. The summed E-state index contributed by atoms with van der Waals surface area (Å²) in [6.45, 7) is 5.26. The Balaban J connectivity index is 1.97. The summed E-state index contributed by atoms with van der Waals surface area (Å²) in [5.41, 5.74) is 7.06. The van der Waals surface area contributed by atoms with Gasteiger partial charge in [-0.1, -0.05) is 6.07 Å². The molecule has 3 heteroatoms. The van der Waals surface area contributed by atoms with Crippen LogP contribution in [0.1, 0.15) is 25.3 Å². The summed E-state index contributed by atoms with van der Waals surface area (Å²) < 4.78 is 0. The zero-order valence-electron chi connectivity index (χ0n) is 9.97. The van der Waals surface area contributed by atoms with Gasteiger partial charge in [0, 0.05) is 31.5 Å². The summed E-state index contributed by atoms with van der Waals surface area (Å²) in [5, 5.41) is 0. The predicted molar refractivity (Wildman–Crippen MR) is 65.9 cm³/mol. The Kier molecular flexibility index (Phi) is 3.91. The average molecular weight is 219 g/mol. The first-order chi connectivity index (χ1) is 7.79. The minimum absolute atomic E-state index is 0.669. The molecule has 1 aliphatic heterocycles. The van der Waals surface area contributed by atoms with Crippen LogP contribution in [0.2, 0.25) is 0 Å². The van der Waals surface area contributed by atoms with Crippen molar-refractivity contribution in [1.82, 2.24) is 9.88 Å². The standard InChI is InChI=1S/C13H21N3/c1-11-4-5-12(7-14)9-16(11)10-13-3-2-6-15-8-13/h2-3,6,8,11-12H,4-5,7,9-10,14H2,1H3. The Morgan fingerprint density at radius 3 is 3.06 bits per heavy atom. The molecule has 16 heavy (non-hydrogen) atoms. The van der Waals surface area contributed by atoms with Crippen molar-refractivity contribution >= 4 is 0 Å². The molecule has 3 nitrogen and oxygen atoms in total. The third-order valence-corrected chi connectivity index (χ3v) is 3.55. The van der Waals surface area contributed by atoms with E-state index in [4.69, 9.17) is 5.73 Å². The quantitative estimate of drug-likeness (QED) is 0.840. The van der Waals surface area contributed by atoms with E-state index in [1.807, 2.05) is 18.5 Å². The van der Waals surface area contributed by atoms with E-state index >= 15 is 0 Å². The predicted octanol–water partition coefficient (Wildman–Crippen LogP) is 1.64. The van der Waals surface area contributed by atoms with E-state index in [-0.39, 0.29) is 0 Å². The van der Waals surface area contributed by atoms with Crippen LogP contribution in [0, 0.1) is 5.92 Å². The van der Waals surface area contributed by atoms with Gasteiger partial charge in [-0.05, 0) is 43.9 Å². The second kappa shape index (κ2) is 5.41. The summed E-state index contributed by atoms with van der Waals surface area (Å²) in [5.74, 6) is 0.674. The highest BCUT2D eigenvalue weighted by Gasteiger charge is 2.24. The van der Waals surface area contributed by atoms with E-state index in [0.717, 1.165) is 19.6 Å². The van der Waals surface area contributed by atoms with E-state index in [1.165, 1.54) is 18.4 Å². The van der Waals surface area contributed by atoms with Gasteiger partial charge in [-0.25, -0.2) is 0 Å². The molecule has 88 valence electrons. The van der Waals surface area contributed by atoms with Crippen molar-refractivity contribution in [1.29, 1.82) is 0 Å². The van der Waals surface area contributed by atoms with Crippen molar-refractivity contribution in [3.8, 4) is 0 Å². The van der Waals surface area contributed by atoms with E-state index in [9.17, 15) is 0 Å². The molecule has 2 unspecified atom stereocenters. The van der Waals surface area contributed by atoms with Crippen LogP contribution in [0.4, 0.5) is 0 Å². The molecule has 0 amide bonds. The fraction of sp³-hybridized carbons (Fsp3) is 0.615. The Morgan fingerprint density at radius 2 is 2.38 bits per heavy atom. The van der Waals surface area contributed by atoms with Gasteiger partial charge in [0.25, 0.3) is 0 Å². The van der Waals surface area contributed by atoms with Crippen LogP contribution >= 0.6 is 0 Å². The Hall–Kier alpha value is -0.930. The molecule has 2 N–H and O–H groups in total. The first-order valence-electron chi connectivity index (χ1n) is 6.12. The van der Waals surface area contributed by atoms with Crippen molar-refractivity contribution in [2.75, 3.05) is 13.1 Å². The lowest BCUT2D eigenvalue weighted by Crippen LogP contribution is -2.43. The maximum atomic E-state index is 5.77. The molecule has 1 aromatic heterocycles. The highest BCUT2D eigenvalue weighted by Crippen LogP contribution is 2.22. The van der Waals surface area contributed by atoms with E-state index in [2.05, 4.69) is 22.9 Å². The maximum Gasteiger partial charge on any atom is 0.0312 e. The molecule has 1 aromatic rings. The first-order valence-corrected chi connectivity index (χ1v) is 6.12. The molecule has 2 rings (SSSR count). The third kappa shape index (κ3) is 2.80. The highest BCUT2D eigenvalue weighted by molar-refractivity contribution is 5.08. The Morgan fingerprint density at radius 1 is 1.50 bits per heavy atom. The van der Waals surface area contributed by atoms with Crippen molar-refractivity contribution in [3.63, 3.8) is 0 Å². The van der Waals surface area contributed by atoms with Crippen LogP contribution in [0.15, 0.2) is 24.5 Å². The molecule has 2 atom stereocenters. The summed E-state index contributed by atoms with van der Waals surface area (Å²) in [4.78, 5) is 6.69. The van der Waals surface area contributed by atoms with E-state index < -0.39 is 0 Å². The van der Waals surface area contributed by atoms with Crippen LogP contribution in [0.3, 0.4) is 0 Å². The van der Waals surface area contributed by atoms with Gasteiger partial charge in [-0.3, -0.25) is 9.88 Å². The number of rotatable bonds is 3. The molecule has 0 saturated carbocycles. The molecule has 0 aromatic carbocycles. The number of piperidine rings is 1. The smallest absolute Gasteiger partial charge is 0.0312 e. The van der Waals surface area contributed by atoms with Gasteiger partial charge in [-0.2, -0.15) is 0 Å². The molecular formula is C13H21N3. The summed E-state index contributed by atoms with van der Waals surface area (Å²) >= 11 is 0. The maximum absolute atomic E-state index is 5.77.